The van der Waals surface area contributed by atoms with Crippen LogP contribution in [-0.4, -0.2) is 47.0 Å². The molecular formula is C22H23N5O. The van der Waals surface area contributed by atoms with E-state index in [1.165, 1.54) is 5.69 Å². The largest absolute Gasteiger partial charge is 0.368 e. The van der Waals surface area contributed by atoms with E-state index in [1.54, 1.807) is 12.4 Å². The van der Waals surface area contributed by atoms with Gasteiger partial charge in [-0.2, -0.15) is 0 Å². The highest BCUT2D eigenvalue weighted by atomic mass is 16.2. The third-order valence-corrected chi connectivity index (χ3v) is 4.88. The van der Waals surface area contributed by atoms with Crippen LogP contribution in [0.25, 0.3) is 0 Å². The number of hydrogen-bond donors (Lipinski definition) is 1. The van der Waals surface area contributed by atoms with E-state index in [1.807, 2.05) is 53.4 Å². The van der Waals surface area contributed by atoms with E-state index in [2.05, 4.69) is 32.3 Å². The first-order chi connectivity index (χ1) is 13.8. The van der Waals surface area contributed by atoms with Crippen LogP contribution in [0.3, 0.4) is 0 Å². The third kappa shape index (κ3) is 4.28. The number of nitrogens with one attached hydrogen (secondary N) is 1. The van der Waals surface area contributed by atoms with Gasteiger partial charge in [0.05, 0.1) is 5.56 Å². The summed E-state index contributed by atoms with van der Waals surface area (Å²) in [5, 5.41) is 3.18. The monoisotopic (exact) mass is 373 g/mol. The molecule has 1 aliphatic rings. The standard InChI is InChI=1S/C22H23N5O/c28-21(27-13-11-26(12-14-27)20-9-5-2-6-10-20)19-16-24-22(25-17-19)23-15-18-7-3-1-4-8-18/h1-10,16-17H,11-15H2,(H,23,24,25). The molecule has 0 spiro atoms. The highest BCUT2D eigenvalue weighted by molar-refractivity contribution is 5.93. The molecule has 0 atom stereocenters. The topological polar surface area (TPSA) is 61.4 Å². The summed E-state index contributed by atoms with van der Waals surface area (Å²) in [5.74, 6) is 0.511. The summed E-state index contributed by atoms with van der Waals surface area (Å²) in [4.78, 5) is 25.5. The predicted molar refractivity (Wildman–Crippen MR) is 110 cm³/mol. The SMILES string of the molecule is O=C(c1cnc(NCc2ccccc2)nc1)N1CCN(c2ccccc2)CC1. The molecule has 28 heavy (non-hydrogen) atoms. The minimum atomic E-state index is -0.0117. The molecule has 2 heterocycles. The Balaban J connectivity index is 1.31. The van der Waals surface area contributed by atoms with Gasteiger partial charge in [-0.1, -0.05) is 48.5 Å². The Morgan fingerprint density at radius 1 is 0.857 bits per heavy atom. The van der Waals surface area contributed by atoms with E-state index in [0.717, 1.165) is 18.7 Å². The third-order valence-electron chi connectivity index (χ3n) is 4.88. The fraction of sp³-hybridized carbons (Fsp3) is 0.227. The number of benzene rings is 2. The quantitative estimate of drug-likeness (QED) is 0.745. The van der Waals surface area contributed by atoms with Crippen LogP contribution in [0.2, 0.25) is 0 Å². The summed E-state index contributed by atoms with van der Waals surface area (Å²) in [6.07, 6.45) is 3.21. The van der Waals surface area contributed by atoms with Crippen molar-refractivity contribution in [3.63, 3.8) is 0 Å². The number of amides is 1. The van der Waals surface area contributed by atoms with Gasteiger partial charge in [-0.25, -0.2) is 9.97 Å². The van der Waals surface area contributed by atoms with E-state index in [9.17, 15) is 4.79 Å². The number of hydrogen-bond acceptors (Lipinski definition) is 5. The summed E-state index contributed by atoms with van der Waals surface area (Å²) in [6, 6.07) is 20.4. The average molecular weight is 373 g/mol. The molecular weight excluding hydrogens is 350 g/mol. The Bertz CT molecular complexity index is 891. The van der Waals surface area contributed by atoms with Gasteiger partial charge in [0, 0.05) is 50.8 Å². The van der Waals surface area contributed by atoms with Crippen LogP contribution in [0, 0.1) is 0 Å². The fourth-order valence-electron chi connectivity index (χ4n) is 3.30. The molecule has 2 aromatic carbocycles. The first kappa shape index (κ1) is 18.0. The lowest BCUT2D eigenvalue weighted by molar-refractivity contribution is 0.0746. The lowest BCUT2D eigenvalue weighted by Crippen LogP contribution is -2.48. The highest BCUT2D eigenvalue weighted by Gasteiger charge is 2.22. The highest BCUT2D eigenvalue weighted by Crippen LogP contribution is 2.16. The molecule has 0 radical (unpaired) electrons. The maximum Gasteiger partial charge on any atom is 0.257 e. The number of aromatic nitrogens is 2. The smallest absolute Gasteiger partial charge is 0.257 e. The van der Waals surface area contributed by atoms with Crippen molar-refractivity contribution in [3.05, 3.63) is 84.2 Å². The number of nitrogens with zero attached hydrogens (tertiary/aromatic N) is 4. The van der Waals surface area contributed by atoms with Crippen molar-refractivity contribution in [2.45, 2.75) is 6.54 Å². The second-order valence-corrected chi connectivity index (χ2v) is 6.75. The van der Waals surface area contributed by atoms with Crippen LogP contribution in [0.1, 0.15) is 15.9 Å². The Morgan fingerprint density at radius 2 is 1.46 bits per heavy atom. The molecule has 4 rings (SSSR count). The van der Waals surface area contributed by atoms with Gasteiger partial charge in [0.25, 0.3) is 5.91 Å². The summed E-state index contributed by atoms with van der Waals surface area (Å²) in [7, 11) is 0. The molecule has 0 saturated carbocycles. The van der Waals surface area contributed by atoms with Gasteiger partial charge in [0.2, 0.25) is 5.95 Å². The number of piperazine rings is 1. The Kier molecular flexibility index (Phi) is 5.47. The van der Waals surface area contributed by atoms with Crippen LogP contribution in [-0.2, 0) is 6.54 Å². The molecule has 0 unspecified atom stereocenters. The lowest BCUT2D eigenvalue weighted by atomic mass is 10.2. The van der Waals surface area contributed by atoms with Crippen molar-refractivity contribution >= 4 is 17.5 Å². The summed E-state index contributed by atoms with van der Waals surface area (Å²) in [5.41, 5.74) is 2.88. The van der Waals surface area contributed by atoms with Crippen LogP contribution >= 0.6 is 0 Å². The van der Waals surface area contributed by atoms with E-state index < -0.39 is 0 Å². The normalized spacial score (nSPS) is 14.0. The molecule has 6 heteroatoms. The van der Waals surface area contributed by atoms with Gasteiger partial charge in [-0.05, 0) is 17.7 Å². The minimum absolute atomic E-state index is 0.0117. The average Bonchev–Trinajstić information content (AvgIpc) is 2.79. The number of rotatable bonds is 5. The summed E-state index contributed by atoms with van der Waals surface area (Å²) in [6.45, 7) is 3.69. The van der Waals surface area contributed by atoms with Crippen molar-refractivity contribution in [2.24, 2.45) is 0 Å². The minimum Gasteiger partial charge on any atom is -0.368 e. The van der Waals surface area contributed by atoms with E-state index in [-0.39, 0.29) is 5.91 Å². The number of carbonyl (C=O) groups is 1. The van der Waals surface area contributed by atoms with Crippen LogP contribution < -0.4 is 10.2 Å². The van der Waals surface area contributed by atoms with Crippen molar-refractivity contribution in [1.82, 2.24) is 14.9 Å². The zero-order chi connectivity index (χ0) is 19.2. The van der Waals surface area contributed by atoms with Gasteiger partial charge in [-0.15, -0.1) is 0 Å². The number of carbonyl (C=O) groups excluding carboxylic acids is 1. The molecule has 1 aliphatic heterocycles. The van der Waals surface area contributed by atoms with Crippen LogP contribution in [0.15, 0.2) is 73.1 Å². The fourth-order valence-corrected chi connectivity index (χ4v) is 3.30. The maximum atomic E-state index is 12.7. The first-order valence-electron chi connectivity index (χ1n) is 9.49. The molecule has 142 valence electrons. The van der Waals surface area contributed by atoms with Crippen LogP contribution in [0.4, 0.5) is 11.6 Å². The van der Waals surface area contributed by atoms with E-state index in [4.69, 9.17) is 0 Å². The van der Waals surface area contributed by atoms with Crippen molar-refractivity contribution in [2.75, 3.05) is 36.4 Å². The zero-order valence-corrected chi connectivity index (χ0v) is 15.7. The molecule has 3 aromatic rings. The molecule has 1 aromatic heterocycles. The molecule has 1 amide bonds. The molecule has 1 saturated heterocycles. The summed E-state index contributed by atoms with van der Waals surface area (Å²) >= 11 is 0. The number of para-hydroxylation sites is 1. The van der Waals surface area contributed by atoms with Crippen molar-refractivity contribution in [1.29, 1.82) is 0 Å². The molecule has 1 fully saturated rings. The van der Waals surface area contributed by atoms with E-state index in [0.29, 0.717) is 31.1 Å². The predicted octanol–water partition coefficient (Wildman–Crippen LogP) is 3.05. The second kappa shape index (κ2) is 8.52. The van der Waals surface area contributed by atoms with Gasteiger partial charge in [-0.3, -0.25) is 4.79 Å². The van der Waals surface area contributed by atoms with Gasteiger partial charge in [0.15, 0.2) is 0 Å². The first-order valence-corrected chi connectivity index (χ1v) is 9.49. The number of anilines is 2. The molecule has 0 aliphatic carbocycles. The van der Waals surface area contributed by atoms with Gasteiger partial charge >= 0.3 is 0 Å². The Hall–Kier alpha value is -3.41. The van der Waals surface area contributed by atoms with Gasteiger partial charge < -0.3 is 15.1 Å². The maximum absolute atomic E-state index is 12.7. The second-order valence-electron chi connectivity index (χ2n) is 6.75. The molecule has 6 nitrogen and oxygen atoms in total. The lowest BCUT2D eigenvalue weighted by Gasteiger charge is -2.36. The van der Waals surface area contributed by atoms with E-state index >= 15 is 0 Å². The molecule has 0 bridgehead atoms. The zero-order valence-electron chi connectivity index (χ0n) is 15.7. The van der Waals surface area contributed by atoms with Crippen molar-refractivity contribution < 1.29 is 4.79 Å². The van der Waals surface area contributed by atoms with Crippen LogP contribution in [0.5, 0.6) is 0 Å². The molecule has 1 N–H and O–H groups in total. The summed E-state index contributed by atoms with van der Waals surface area (Å²) < 4.78 is 0. The van der Waals surface area contributed by atoms with Gasteiger partial charge in [0.1, 0.15) is 0 Å². The van der Waals surface area contributed by atoms with Crippen molar-refractivity contribution in [3.8, 4) is 0 Å². The Labute approximate surface area is 164 Å². The Morgan fingerprint density at radius 3 is 2.11 bits per heavy atom.